The van der Waals surface area contributed by atoms with Gasteiger partial charge in [0.25, 0.3) is 20.0 Å². The summed E-state index contributed by atoms with van der Waals surface area (Å²) < 4.78 is 117. The van der Waals surface area contributed by atoms with Crippen molar-refractivity contribution in [1.82, 2.24) is 4.72 Å². The Labute approximate surface area is 218 Å². The number of nitrogens with zero attached hydrogens (tertiary/aromatic N) is 1. The lowest BCUT2D eigenvalue weighted by atomic mass is 10.0. The first-order valence-corrected chi connectivity index (χ1v) is 15.4. The molecule has 0 heterocycles. The van der Waals surface area contributed by atoms with E-state index in [-0.39, 0.29) is 24.1 Å². The van der Waals surface area contributed by atoms with Crippen LogP contribution in [0.2, 0.25) is 0 Å². The van der Waals surface area contributed by atoms with Crippen LogP contribution in [0.5, 0.6) is 0 Å². The first-order valence-electron chi connectivity index (χ1n) is 10.6. The van der Waals surface area contributed by atoms with E-state index in [0.29, 0.717) is 8.74 Å². The predicted octanol–water partition coefficient (Wildman–Crippen LogP) is 4.15. The number of rotatable bonds is 9. The van der Waals surface area contributed by atoms with E-state index < -0.39 is 58.2 Å². The zero-order valence-electron chi connectivity index (χ0n) is 19.0. The van der Waals surface area contributed by atoms with Gasteiger partial charge in [0.15, 0.2) is 0 Å². The van der Waals surface area contributed by atoms with Gasteiger partial charge in [0.05, 0.1) is 10.6 Å². The van der Waals surface area contributed by atoms with E-state index >= 15 is 0 Å². The standard InChI is InChI=1S/C22H22ClF3N2O6S3/c1-2-17-5-3-4-6-21(17)28(36(31,32)20-13-9-18(23)10-14-20)35(29,30)19-11-7-16(8-12-19)15-27-37(33,34)22(24,25)26/h2-7,9-13,16,20,27H,1,8,14-15H2. The Hall–Kier alpha value is -2.39. The van der Waals surface area contributed by atoms with Crippen molar-refractivity contribution in [3.63, 3.8) is 0 Å². The Morgan fingerprint density at radius 2 is 1.70 bits per heavy atom. The molecule has 2 aliphatic rings. The summed E-state index contributed by atoms with van der Waals surface area (Å²) in [4.78, 5) is -0.418. The van der Waals surface area contributed by atoms with Crippen molar-refractivity contribution in [1.29, 1.82) is 0 Å². The van der Waals surface area contributed by atoms with Gasteiger partial charge in [-0.2, -0.15) is 16.9 Å². The molecule has 1 N–H and O–H groups in total. The molecule has 0 bridgehead atoms. The predicted molar refractivity (Wildman–Crippen MR) is 137 cm³/mol. The van der Waals surface area contributed by atoms with Crippen molar-refractivity contribution in [2.45, 2.75) is 23.6 Å². The monoisotopic (exact) mass is 598 g/mol. The molecule has 15 heteroatoms. The smallest absolute Gasteiger partial charge is 0.207 e. The maximum Gasteiger partial charge on any atom is 0.511 e. The van der Waals surface area contributed by atoms with Gasteiger partial charge in [-0.15, -0.1) is 0 Å². The van der Waals surface area contributed by atoms with Crippen molar-refractivity contribution < 1.29 is 38.4 Å². The molecule has 0 aromatic heterocycles. The van der Waals surface area contributed by atoms with Crippen LogP contribution in [-0.4, -0.2) is 42.6 Å². The van der Waals surface area contributed by atoms with Gasteiger partial charge < -0.3 is 0 Å². The summed E-state index contributed by atoms with van der Waals surface area (Å²) in [7, 11) is -14.9. The van der Waals surface area contributed by atoms with Gasteiger partial charge in [-0.25, -0.2) is 30.0 Å². The zero-order valence-corrected chi connectivity index (χ0v) is 22.2. The van der Waals surface area contributed by atoms with E-state index in [0.717, 1.165) is 12.2 Å². The quantitative estimate of drug-likeness (QED) is 0.456. The Kier molecular flexibility index (Phi) is 8.49. The number of sulfonamides is 3. The van der Waals surface area contributed by atoms with Gasteiger partial charge in [-0.3, -0.25) is 0 Å². The van der Waals surface area contributed by atoms with Gasteiger partial charge in [-0.05, 0) is 42.5 Å². The zero-order chi connectivity index (χ0) is 27.6. The molecule has 0 fully saturated rings. The fraction of sp³-hybridized carbons (Fsp3) is 0.273. The Balaban J connectivity index is 1.97. The van der Waals surface area contributed by atoms with E-state index in [2.05, 4.69) is 6.58 Å². The molecule has 2 atom stereocenters. The minimum absolute atomic E-state index is 0.0732. The average molecular weight is 599 g/mol. The second kappa shape index (κ2) is 10.8. The molecule has 3 rings (SSSR count). The van der Waals surface area contributed by atoms with E-state index in [1.165, 1.54) is 53.3 Å². The van der Waals surface area contributed by atoms with E-state index in [9.17, 15) is 38.4 Å². The average Bonchev–Trinajstić information content (AvgIpc) is 2.83. The van der Waals surface area contributed by atoms with Crippen molar-refractivity contribution in [3.05, 3.63) is 82.8 Å². The highest BCUT2D eigenvalue weighted by atomic mass is 35.5. The summed E-state index contributed by atoms with van der Waals surface area (Å²) in [6.07, 6.45) is 8.52. The number of alkyl halides is 3. The minimum atomic E-state index is -5.57. The SMILES string of the molecule is C=Cc1ccccc1N(S(=O)(=O)C1=CCC(CNS(=O)(=O)C(F)(F)F)C=C1)S(=O)(=O)C1C=CC(Cl)=CC1. The number of halogens is 4. The first kappa shape index (κ1) is 29.2. The molecule has 1 aromatic rings. The number of nitrogens with one attached hydrogen (secondary N) is 1. The molecule has 2 unspecified atom stereocenters. The molecule has 0 radical (unpaired) electrons. The second-order valence-electron chi connectivity index (χ2n) is 7.99. The fourth-order valence-electron chi connectivity index (χ4n) is 3.53. The Bertz CT molecular complexity index is 1510. The summed E-state index contributed by atoms with van der Waals surface area (Å²) in [5.74, 6) is -0.796. The van der Waals surface area contributed by atoms with Crippen LogP contribution in [0.3, 0.4) is 0 Å². The topological polar surface area (TPSA) is 118 Å². The van der Waals surface area contributed by atoms with Crippen LogP contribution in [-0.2, 0) is 30.1 Å². The van der Waals surface area contributed by atoms with Gasteiger partial charge in [0.1, 0.15) is 5.25 Å². The summed E-state index contributed by atoms with van der Waals surface area (Å²) in [6, 6.07) is 5.83. The number of para-hydroxylation sites is 1. The number of allylic oxidation sites excluding steroid dienone is 5. The van der Waals surface area contributed by atoms with Crippen LogP contribution in [0.15, 0.2) is 77.2 Å². The van der Waals surface area contributed by atoms with E-state index in [1.807, 2.05) is 0 Å². The lowest BCUT2D eigenvalue weighted by Gasteiger charge is -2.30. The second-order valence-corrected chi connectivity index (χ2v) is 14.2. The minimum Gasteiger partial charge on any atom is -0.207 e. The van der Waals surface area contributed by atoms with Gasteiger partial charge in [-0.1, -0.05) is 66.8 Å². The van der Waals surface area contributed by atoms with Crippen LogP contribution in [0.25, 0.3) is 6.08 Å². The number of hydrogen-bond acceptors (Lipinski definition) is 6. The molecule has 0 spiro atoms. The Morgan fingerprint density at radius 3 is 2.24 bits per heavy atom. The normalized spacial score (nSPS) is 20.8. The summed E-state index contributed by atoms with van der Waals surface area (Å²) >= 11 is 5.89. The number of benzene rings is 1. The van der Waals surface area contributed by atoms with E-state index in [4.69, 9.17) is 11.6 Å². The third-order valence-electron chi connectivity index (χ3n) is 5.49. The molecule has 1 aromatic carbocycles. The van der Waals surface area contributed by atoms with Crippen LogP contribution < -0.4 is 8.43 Å². The molecule has 8 nitrogen and oxygen atoms in total. The summed E-state index contributed by atoms with van der Waals surface area (Å²) in [5.41, 5.74) is -5.43. The highest BCUT2D eigenvalue weighted by Gasteiger charge is 2.46. The molecular formula is C22H22ClF3N2O6S3. The van der Waals surface area contributed by atoms with E-state index in [1.54, 1.807) is 6.07 Å². The maximum absolute atomic E-state index is 13.7. The lowest BCUT2D eigenvalue weighted by molar-refractivity contribution is -0.0448. The molecule has 0 saturated carbocycles. The number of anilines is 1. The molecule has 202 valence electrons. The van der Waals surface area contributed by atoms with Crippen LogP contribution in [0, 0.1) is 5.92 Å². The molecule has 37 heavy (non-hydrogen) atoms. The molecule has 0 amide bonds. The Morgan fingerprint density at radius 1 is 1.03 bits per heavy atom. The molecule has 0 aliphatic heterocycles. The highest BCUT2D eigenvalue weighted by Crippen LogP contribution is 2.35. The maximum atomic E-state index is 13.7. The highest BCUT2D eigenvalue weighted by molar-refractivity contribution is 8.12. The van der Waals surface area contributed by atoms with Crippen molar-refractivity contribution >= 4 is 53.4 Å². The van der Waals surface area contributed by atoms with Gasteiger partial charge in [0.2, 0.25) is 0 Å². The van der Waals surface area contributed by atoms with Crippen molar-refractivity contribution in [3.8, 4) is 0 Å². The van der Waals surface area contributed by atoms with Crippen LogP contribution in [0.1, 0.15) is 18.4 Å². The molecule has 2 aliphatic carbocycles. The molecular weight excluding hydrogens is 577 g/mol. The number of hydrogen-bond donors (Lipinski definition) is 1. The third-order valence-corrected chi connectivity index (χ3v) is 11.4. The largest absolute Gasteiger partial charge is 0.511 e. The first-order chi connectivity index (χ1) is 17.1. The van der Waals surface area contributed by atoms with Gasteiger partial charge >= 0.3 is 15.5 Å². The van der Waals surface area contributed by atoms with Gasteiger partial charge in [0, 0.05) is 11.6 Å². The van der Waals surface area contributed by atoms with Crippen LogP contribution >= 0.6 is 11.6 Å². The molecule has 0 saturated heterocycles. The summed E-state index contributed by atoms with van der Waals surface area (Å²) in [5, 5.41) is -0.946. The lowest BCUT2D eigenvalue weighted by Crippen LogP contribution is -2.43. The summed E-state index contributed by atoms with van der Waals surface area (Å²) in [6.45, 7) is 2.98. The van der Waals surface area contributed by atoms with Crippen molar-refractivity contribution in [2.24, 2.45) is 5.92 Å². The van der Waals surface area contributed by atoms with Crippen LogP contribution in [0.4, 0.5) is 18.9 Å². The fourth-order valence-corrected chi connectivity index (χ4v) is 8.45. The third kappa shape index (κ3) is 6.20. The van der Waals surface area contributed by atoms with Crippen molar-refractivity contribution in [2.75, 3.05) is 10.3 Å².